The lowest BCUT2D eigenvalue weighted by Crippen LogP contribution is -2.50. The monoisotopic (exact) mass is 356 g/mol. The highest BCUT2D eigenvalue weighted by Crippen LogP contribution is 2.08. The van der Waals surface area contributed by atoms with Gasteiger partial charge in [-0.2, -0.15) is 0 Å². The van der Waals surface area contributed by atoms with Gasteiger partial charge in [0.15, 0.2) is 0 Å². The molecule has 0 aliphatic heterocycles. The van der Waals surface area contributed by atoms with Gasteiger partial charge < -0.3 is 20.7 Å². The molecule has 0 radical (unpaired) electrons. The Morgan fingerprint density at radius 1 is 1.12 bits per heavy atom. The Morgan fingerprint density at radius 2 is 1.85 bits per heavy atom. The third-order valence-corrected chi connectivity index (χ3v) is 3.74. The second-order valence-corrected chi connectivity index (χ2v) is 6.11. The second kappa shape index (κ2) is 9.41. The Balaban J connectivity index is 1.90. The number of benzene rings is 1. The third-order valence-electron chi connectivity index (χ3n) is 3.74. The van der Waals surface area contributed by atoms with Gasteiger partial charge in [-0.3, -0.25) is 4.79 Å². The molecule has 1 aromatic carbocycles. The van der Waals surface area contributed by atoms with E-state index in [1.165, 1.54) is 0 Å². The first kappa shape index (κ1) is 19.2. The minimum atomic E-state index is -0.648. The lowest BCUT2D eigenvalue weighted by molar-refractivity contribution is -0.124. The number of nitrogens with one attached hydrogen (secondary N) is 3. The average Bonchev–Trinajstić information content (AvgIpc) is 2.65. The zero-order chi connectivity index (χ0) is 18.9. The Kier molecular flexibility index (Phi) is 6.96. The Morgan fingerprint density at radius 3 is 2.42 bits per heavy atom. The SMILES string of the molecule is COc1ccc(CNC(=O)[C@@H](NC(=O)Nc2ccccc2)C(C)C)cn1. The normalized spacial score (nSPS) is 11.5. The van der Waals surface area contributed by atoms with Gasteiger partial charge in [0, 0.05) is 24.5 Å². The molecule has 138 valence electrons. The van der Waals surface area contributed by atoms with Crippen LogP contribution in [0.4, 0.5) is 10.5 Å². The summed E-state index contributed by atoms with van der Waals surface area (Å²) in [6.45, 7) is 4.07. The van der Waals surface area contributed by atoms with Crippen LogP contribution in [-0.2, 0) is 11.3 Å². The van der Waals surface area contributed by atoms with Crippen molar-refractivity contribution in [1.29, 1.82) is 0 Å². The Hall–Kier alpha value is -3.09. The number of carbonyl (C=O) groups is 2. The van der Waals surface area contributed by atoms with E-state index in [-0.39, 0.29) is 11.8 Å². The van der Waals surface area contributed by atoms with E-state index in [4.69, 9.17) is 4.74 Å². The van der Waals surface area contributed by atoms with Crippen molar-refractivity contribution in [2.75, 3.05) is 12.4 Å². The van der Waals surface area contributed by atoms with Crippen LogP contribution in [-0.4, -0.2) is 30.1 Å². The highest BCUT2D eigenvalue weighted by Gasteiger charge is 2.24. The first-order valence-corrected chi connectivity index (χ1v) is 8.38. The standard InChI is InChI=1S/C19H24N4O3/c1-13(2)17(23-19(25)22-15-7-5-4-6-8-15)18(24)21-12-14-9-10-16(26-3)20-11-14/h4-11,13,17H,12H2,1-3H3,(H,21,24)(H2,22,23,25)/t17-/m0/s1. The molecule has 2 rings (SSSR count). The van der Waals surface area contributed by atoms with Crippen molar-refractivity contribution in [2.24, 2.45) is 5.92 Å². The third kappa shape index (κ3) is 5.77. The molecule has 0 saturated carbocycles. The van der Waals surface area contributed by atoms with E-state index in [2.05, 4.69) is 20.9 Å². The Bertz CT molecular complexity index is 717. The van der Waals surface area contributed by atoms with Crippen molar-refractivity contribution < 1.29 is 14.3 Å². The van der Waals surface area contributed by atoms with Crippen molar-refractivity contribution in [3.05, 3.63) is 54.2 Å². The molecule has 0 aliphatic rings. The zero-order valence-corrected chi connectivity index (χ0v) is 15.2. The van der Waals surface area contributed by atoms with E-state index in [1.54, 1.807) is 31.5 Å². The van der Waals surface area contributed by atoms with Gasteiger partial charge in [0.25, 0.3) is 0 Å². The molecule has 0 bridgehead atoms. The number of hydrogen-bond donors (Lipinski definition) is 3. The van der Waals surface area contributed by atoms with Gasteiger partial charge in [-0.05, 0) is 23.6 Å². The quantitative estimate of drug-likeness (QED) is 0.711. The van der Waals surface area contributed by atoms with Gasteiger partial charge in [0.05, 0.1) is 7.11 Å². The summed E-state index contributed by atoms with van der Waals surface area (Å²) >= 11 is 0. The number of ether oxygens (including phenoxy) is 1. The lowest BCUT2D eigenvalue weighted by Gasteiger charge is -2.22. The number of carbonyl (C=O) groups excluding carboxylic acids is 2. The number of amides is 3. The average molecular weight is 356 g/mol. The number of anilines is 1. The highest BCUT2D eigenvalue weighted by molar-refractivity contribution is 5.93. The first-order valence-electron chi connectivity index (χ1n) is 8.38. The number of aromatic nitrogens is 1. The Labute approximate surface area is 153 Å². The number of hydrogen-bond acceptors (Lipinski definition) is 4. The number of pyridine rings is 1. The fourth-order valence-corrected chi connectivity index (χ4v) is 2.30. The molecular weight excluding hydrogens is 332 g/mol. The summed E-state index contributed by atoms with van der Waals surface area (Å²) in [5, 5.41) is 8.26. The van der Waals surface area contributed by atoms with Gasteiger partial charge in [-0.1, -0.05) is 38.1 Å². The maximum Gasteiger partial charge on any atom is 0.319 e. The van der Waals surface area contributed by atoms with Crippen LogP contribution in [0, 0.1) is 5.92 Å². The van der Waals surface area contributed by atoms with E-state index >= 15 is 0 Å². The van der Waals surface area contributed by atoms with Gasteiger partial charge in [-0.15, -0.1) is 0 Å². The van der Waals surface area contributed by atoms with E-state index in [0.717, 1.165) is 5.56 Å². The van der Waals surface area contributed by atoms with Crippen LogP contribution in [0.25, 0.3) is 0 Å². The predicted molar refractivity (Wildman–Crippen MR) is 99.9 cm³/mol. The van der Waals surface area contributed by atoms with Crippen LogP contribution >= 0.6 is 0 Å². The molecule has 7 heteroatoms. The van der Waals surface area contributed by atoms with E-state index in [0.29, 0.717) is 18.1 Å². The van der Waals surface area contributed by atoms with Crippen LogP contribution in [0.15, 0.2) is 48.7 Å². The molecule has 3 amide bonds. The number of para-hydroxylation sites is 1. The fraction of sp³-hybridized carbons (Fsp3) is 0.316. The van der Waals surface area contributed by atoms with Crippen LogP contribution in [0.3, 0.4) is 0 Å². The molecule has 1 aromatic heterocycles. The predicted octanol–water partition coefficient (Wildman–Crippen LogP) is 2.55. The summed E-state index contributed by atoms with van der Waals surface area (Å²) in [4.78, 5) is 28.7. The van der Waals surface area contributed by atoms with Crippen molar-refractivity contribution in [3.8, 4) is 5.88 Å². The summed E-state index contributed by atoms with van der Waals surface area (Å²) in [6.07, 6.45) is 1.64. The molecule has 1 heterocycles. The maximum absolute atomic E-state index is 12.5. The molecule has 3 N–H and O–H groups in total. The van der Waals surface area contributed by atoms with E-state index in [9.17, 15) is 9.59 Å². The summed E-state index contributed by atoms with van der Waals surface area (Å²) in [5.74, 6) is 0.198. The number of rotatable bonds is 7. The van der Waals surface area contributed by atoms with E-state index in [1.807, 2.05) is 38.1 Å². The highest BCUT2D eigenvalue weighted by atomic mass is 16.5. The first-order chi connectivity index (χ1) is 12.5. The molecule has 0 fully saturated rings. The summed E-state index contributed by atoms with van der Waals surface area (Å²) in [7, 11) is 1.54. The van der Waals surface area contributed by atoms with Gasteiger partial charge in [0.2, 0.25) is 11.8 Å². The van der Waals surface area contributed by atoms with Gasteiger partial charge in [0.1, 0.15) is 6.04 Å². The van der Waals surface area contributed by atoms with Crippen LogP contribution in [0.5, 0.6) is 5.88 Å². The van der Waals surface area contributed by atoms with Gasteiger partial charge >= 0.3 is 6.03 Å². The molecule has 0 saturated heterocycles. The van der Waals surface area contributed by atoms with Crippen molar-refractivity contribution >= 4 is 17.6 Å². The minimum Gasteiger partial charge on any atom is -0.481 e. The zero-order valence-electron chi connectivity index (χ0n) is 15.2. The van der Waals surface area contributed by atoms with E-state index < -0.39 is 12.1 Å². The summed E-state index contributed by atoms with van der Waals surface area (Å²) < 4.78 is 5.00. The topological polar surface area (TPSA) is 92.4 Å². The van der Waals surface area contributed by atoms with Crippen molar-refractivity contribution in [2.45, 2.75) is 26.4 Å². The molecule has 1 atom stereocenters. The molecule has 0 aliphatic carbocycles. The number of methoxy groups -OCH3 is 1. The van der Waals surface area contributed by atoms with Gasteiger partial charge in [-0.25, -0.2) is 9.78 Å². The number of urea groups is 1. The molecule has 7 nitrogen and oxygen atoms in total. The minimum absolute atomic E-state index is 0.0643. The van der Waals surface area contributed by atoms with Crippen LogP contribution in [0.2, 0.25) is 0 Å². The smallest absolute Gasteiger partial charge is 0.319 e. The largest absolute Gasteiger partial charge is 0.481 e. The van der Waals surface area contributed by atoms with Crippen LogP contribution in [0.1, 0.15) is 19.4 Å². The molecular formula is C19H24N4O3. The van der Waals surface area contributed by atoms with Crippen LogP contribution < -0.4 is 20.7 Å². The number of nitrogens with zero attached hydrogens (tertiary/aromatic N) is 1. The molecule has 26 heavy (non-hydrogen) atoms. The molecule has 0 unspecified atom stereocenters. The van der Waals surface area contributed by atoms with Crippen molar-refractivity contribution in [3.63, 3.8) is 0 Å². The fourth-order valence-electron chi connectivity index (χ4n) is 2.30. The lowest BCUT2D eigenvalue weighted by atomic mass is 10.0. The van der Waals surface area contributed by atoms with Crippen molar-refractivity contribution in [1.82, 2.24) is 15.6 Å². The second-order valence-electron chi connectivity index (χ2n) is 6.11. The maximum atomic E-state index is 12.5. The summed E-state index contributed by atoms with van der Waals surface area (Å²) in [6, 6.07) is 11.6. The summed E-state index contributed by atoms with van der Waals surface area (Å²) in [5.41, 5.74) is 1.51. The molecule has 0 spiro atoms. The molecule has 2 aromatic rings.